The number of amides is 1. The Bertz CT molecular complexity index is 721. The average Bonchev–Trinajstić information content (AvgIpc) is 2.62. The van der Waals surface area contributed by atoms with E-state index < -0.39 is 0 Å². The summed E-state index contributed by atoms with van der Waals surface area (Å²) in [6, 6.07) is 10.9. The quantitative estimate of drug-likeness (QED) is 0.729. The molecule has 7 heteroatoms. The molecule has 1 amide bonds. The minimum Gasteiger partial charge on any atom is -0.495 e. The molecule has 0 aliphatic heterocycles. The minimum absolute atomic E-state index is 0.113. The zero-order valence-electron chi connectivity index (χ0n) is 14.1. The molecule has 0 heterocycles. The Hall–Kier alpha value is -2.11. The first-order valence-electron chi connectivity index (χ1n) is 7.70. The van der Waals surface area contributed by atoms with Crippen molar-refractivity contribution in [2.45, 2.75) is 6.42 Å². The molecule has 2 aromatic carbocycles. The molecular formula is C18H20Cl2N2O3. The highest BCUT2D eigenvalue weighted by atomic mass is 35.5. The summed E-state index contributed by atoms with van der Waals surface area (Å²) in [4.78, 5) is 12.0. The number of rotatable bonds is 8. The van der Waals surface area contributed by atoms with Crippen LogP contribution in [0.1, 0.15) is 5.56 Å². The molecule has 0 aliphatic carbocycles. The monoisotopic (exact) mass is 382 g/mol. The van der Waals surface area contributed by atoms with Crippen LogP contribution < -0.4 is 20.1 Å². The fraction of sp³-hybridized carbons (Fsp3) is 0.278. The number of ether oxygens (including phenoxy) is 2. The smallest absolute Gasteiger partial charge is 0.239 e. The van der Waals surface area contributed by atoms with Crippen LogP contribution in [0.5, 0.6) is 11.5 Å². The van der Waals surface area contributed by atoms with Gasteiger partial charge < -0.3 is 20.1 Å². The Morgan fingerprint density at radius 1 is 1.04 bits per heavy atom. The molecule has 0 saturated heterocycles. The first kappa shape index (κ1) is 19.2. The molecule has 0 aromatic heterocycles. The Morgan fingerprint density at radius 3 is 2.36 bits per heavy atom. The van der Waals surface area contributed by atoms with Crippen molar-refractivity contribution in [1.82, 2.24) is 5.32 Å². The van der Waals surface area contributed by atoms with Crippen molar-refractivity contribution in [3.05, 3.63) is 52.0 Å². The molecule has 25 heavy (non-hydrogen) atoms. The van der Waals surface area contributed by atoms with Gasteiger partial charge in [-0.2, -0.15) is 0 Å². The molecule has 2 aromatic rings. The minimum atomic E-state index is -0.120. The van der Waals surface area contributed by atoms with Crippen LogP contribution in [-0.2, 0) is 11.2 Å². The maximum atomic E-state index is 12.0. The van der Waals surface area contributed by atoms with Gasteiger partial charge in [-0.05, 0) is 24.1 Å². The second-order valence-corrected chi connectivity index (χ2v) is 6.11. The molecule has 2 N–H and O–H groups in total. The van der Waals surface area contributed by atoms with Crippen LogP contribution in [0.4, 0.5) is 5.69 Å². The number of hydrogen-bond donors (Lipinski definition) is 2. The van der Waals surface area contributed by atoms with Gasteiger partial charge in [0.1, 0.15) is 11.5 Å². The number of hydrogen-bond acceptors (Lipinski definition) is 4. The SMILES string of the molecule is COc1cc(NCC(=O)NCCc2ccc(Cl)cc2)c(OC)cc1Cl. The van der Waals surface area contributed by atoms with Crippen molar-refractivity contribution in [2.24, 2.45) is 0 Å². The number of carbonyl (C=O) groups excluding carboxylic acids is 1. The predicted molar refractivity (Wildman–Crippen MR) is 101 cm³/mol. The molecule has 0 bridgehead atoms. The van der Waals surface area contributed by atoms with Gasteiger partial charge in [-0.1, -0.05) is 35.3 Å². The zero-order valence-corrected chi connectivity index (χ0v) is 15.6. The standard InChI is InChI=1S/C18H20Cl2N2O3/c1-24-16-10-15(17(25-2)9-14(16)20)22-11-18(23)21-8-7-12-3-5-13(19)6-4-12/h3-6,9-10,22H,7-8,11H2,1-2H3,(H,21,23). The molecule has 0 spiro atoms. The first-order valence-corrected chi connectivity index (χ1v) is 8.45. The fourth-order valence-electron chi connectivity index (χ4n) is 2.23. The van der Waals surface area contributed by atoms with Gasteiger partial charge in [-0.3, -0.25) is 4.79 Å². The third-order valence-corrected chi connectivity index (χ3v) is 4.11. The van der Waals surface area contributed by atoms with E-state index in [0.29, 0.717) is 33.8 Å². The van der Waals surface area contributed by atoms with E-state index in [1.54, 1.807) is 12.1 Å². The van der Waals surface area contributed by atoms with Gasteiger partial charge in [-0.25, -0.2) is 0 Å². The van der Waals surface area contributed by atoms with E-state index in [4.69, 9.17) is 32.7 Å². The van der Waals surface area contributed by atoms with E-state index in [1.807, 2.05) is 24.3 Å². The number of benzene rings is 2. The topological polar surface area (TPSA) is 59.6 Å². The Morgan fingerprint density at radius 2 is 1.72 bits per heavy atom. The summed E-state index contributed by atoms with van der Waals surface area (Å²) in [5.74, 6) is 0.929. The number of nitrogens with one attached hydrogen (secondary N) is 2. The van der Waals surface area contributed by atoms with E-state index in [9.17, 15) is 4.79 Å². The number of methoxy groups -OCH3 is 2. The van der Waals surface area contributed by atoms with Crippen molar-refractivity contribution >= 4 is 34.8 Å². The van der Waals surface area contributed by atoms with Crippen LogP contribution in [0.15, 0.2) is 36.4 Å². The summed E-state index contributed by atoms with van der Waals surface area (Å²) in [5.41, 5.74) is 1.75. The molecule has 0 saturated carbocycles. The molecule has 2 rings (SSSR count). The zero-order chi connectivity index (χ0) is 18.2. The second kappa shape index (κ2) is 9.39. The summed E-state index contributed by atoms with van der Waals surface area (Å²) < 4.78 is 10.4. The Labute approximate surface area is 157 Å². The van der Waals surface area contributed by atoms with Crippen molar-refractivity contribution < 1.29 is 14.3 Å². The summed E-state index contributed by atoms with van der Waals surface area (Å²) in [7, 11) is 3.07. The lowest BCUT2D eigenvalue weighted by Gasteiger charge is -2.14. The molecule has 0 unspecified atom stereocenters. The van der Waals surface area contributed by atoms with Gasteiger partial charge in [-0.15, -0.1) is 0 Å². The number of halogens is 2. The van der Waals surface area contributed by atoms with Gasteiger partial charge in [0, 0.05) is 23.7 Å². The Balaban J connectivity index is 1.84. The first-order chi connectivity index (χ1) is 12.0. The third kappa shape index (κ3) is 5.73. The highest BCUT2D eigenvalue weighted by Gasteiger charge is 2.11. The van der Waals surface area contributed by atoms with Crippen molar-refractivity contribution in [2.75, 3.05) is 32.6 Å². The van der Waals surface area contributed by atoms with Crippen molar-refractivity contribution in [3.8, 4) is 11.5 Å². The summed E-state index contributed by atoms with van der Waals surface area (Å²) in [6.45, 7) is 0.658. The molecular weight excluding hydrogens is 363 g/mol. The average molecular weight is 383 g/mol. The van der Waals surface area contributed by atoms with Crippen LogP contribution in [0.3, 0.4) is 0 Å². The van der Waals surface area contributed by atoms with Gasteiger partial charge in [0.05, 0.1) is 31.5 Å². The highest BCUT2D eigenvalue weighted by molar-refractivity contribution is 6.32. The predicted octanol–water partition coefficient (Wildman–Crippen LogP) is 3.78. The van der Waals surface area contributed by atoms with Crippen molar-refractivity contribution in [3.63, 3.8) is 0 Å². The van der Waals surface area contributed by atoms with Gasteiger partial charge >= 0.3 is 0 Å². The van der Waals surface area contributed by atoms with Crippen LogP contribution in [0.2, 0.25) is 10.0 Å². The van der Waals surface area contributed by atoms with Crippen LogP contribution in [0.25, 0.3) is 0 Å². The lowest BCUT2D eigenvalue weighted by atomic mass is 10.1. The lowest BCUT2D eigenvalue weighted by Crippen LogP contribution is -2.31. The van der Waals surface area contributed by atoms with E-state index in [0.717, 1.165) is 12.0 Å². The van der Waals surface area contributed by atoms with Crippen LogP contribution in [-0.4, -0.2) is 33.2 Å². The third-order valence-electron chi connectivity index (χ3n) is 3.56. The molecule has 0 fully saturated rings. The largest absolute Gasteiger partial charge is 0.495 e. The van der Waals surface area contributed by atoms with E-state index in [2.05, 4.69) is 10.6 Å². The summed E-state index contributed by atoms with van der Waals surface area (Å²) in [6.07, 6.45) is 0.737. The van der Waals surface area contributed by atoms with Crippen molar-refractivity contribution in [1.29, 1.82) is 0 Å². The van der Waals surface area contributed by atoms with Gasteiger partial charge in [0.15, 0.2) is 0 Å². The lowest BCUT2D eigenvalue weighted by molar-refractivity contribution is -0.119. The summed E-state index contributed by atoms with van der Waals surface area (Å²) in [5, 5.41) is 7.03. The molecule has 134 valence electrons. The number of anilines is 1. The fourth-order valence-corrected chi connectivity index (χ4v) is 2.59. The molecule has 5 nitrogen and oxygen atoms in total. The molecule has 0 aliphatic rings. The van der Waals surface area contributed by atoms with Gasteiger partial charge in [0.25, 0.3) is 0 Å². The summed E-state index contributed by atoms with van der Waals surface area (Å²) >= 11 is 11.9. The molecule has 0 atom stereocenters. The van der Waals surface area contributed by atoms with Gasteiger partial charge in [0.2, 0.25) is 5.91 Å². The maximum Gasteiger partial charge on any atom is 0.239 e. The van der Waals surface area contributed by atoms with Crippen LogP contribution >= 0.6 is 23.2 Å². The second-order valence-electron chi connectivity index (χ2n) is 5.27. The Kier molecular flexibility index (Phi) is 7.22. The molecule has 0 radical (unpaired) electrons. The number of carbonyl (C=O) groups is 1. The van der Waals surface area contributed by atoms with E-state index in [-0.39, 0.29) is 12.5 Å². The van der Waals surface area contributed by atoms with E-state index in [1.165, 1.54) is 14.2 Å². The normalized spacial score (nSPS) is 10.2. The maximum absolute atomic E-state index is 12.0. The highest BCUT2D eigenvalue weighted by Crippen LogP contribution is 2.35. The van der Waals surface area contributed by atoms with E-state index >= 15 is 0 Å². The van der Waals surface area contributed by atoms with Crippen LogP contribution in [0, 0.1) is 0 Å².